The van der Waals surface area contributed by atoms with Crippen LogP contribution < -0.4 is 10.6 Å². The average molecular weight is 194 g/mol. The number of nitrogens with zero attached hydrogens (tertiary/aromatic N) is 1. The van der Waals surface area contributed by atoms with Crippen molar-refractivity contribution in [3.8, 4) is 0 Å². The number of anilines is 1. The zero-order valence-corrected chi connectivity index (χ0v) is 8.33. The normalized spacial score (nSPS) is 21.6. The zero-order chi connectivity index (χ0) is 10.1. The third-order valence-corrected chi connectivity index (χ3v) is 2.75. The summed E-state index contributed by atoms with van der Waals surface area (Å²) in [6.45, 7) is 3.54. The lowest BCUT2D eigenvalue weighted by atomic mass is 10.2. The SMILES string of the molecule is Cc1ccc(N2CCC(N)C2)cc1F. The number of halogens is 1. The van der Waals surface area contributed by atoms with Crippen LogP contribution in [0, 0.1) is 12.7 Å². The number of nitrogens with two attached hydrogens (primary N) is 1. The van der Waals surface area contributed by atoms with Crippen molar-refractivity contribution in [1.82, 2.24) is 0 Å². The largest absolute Gasteiger partial charge is 0.370 e. The van der Waals surface area contributed by atoms with E-state index in [1.807, 2.05) is 12.1 Å². The molecule has 1 saturated heterocycles. The Morgan fingerprint density at radius 3 is 2.86 bits per heavy atom. The Morgan fingerprint density at radius 2 is 2.29 bits per heavy atom. The molecule has 2 rings (SSSR count). The molecule has 1 atom stereocenters. The minimum absolute atomic E-state index is 0.136. The van der Waals surface area contributed by atoms with E-state index in [4.69, 9.17) is 5.73 Å². The van der Waals surface area contributed by atoms with E-state index in [1.165, 1.54) is 0 Å². The van der Waals surface area contributed by atoms with Crippen LogP contribution in [0.3, 0.4) is 0 Å². The van der Waals surface area contributed by atoms with Crippen molar-refractivity contribution < 1.29 is 4.39 Å². The van der Waals surface area contributed by atoms with Gasteiger partial charge in [-0.25, -0.2) is 4.39 Å². The number of benzene rings is 1. The van der Waals surface area contributed by atoms with E-state index in [0.717, 1.165) is 25.2 Å². The predicted molar refractivity (Wildman–Crippen MR) is 55.9 cm³/mol. The minimum atomic E-state index is -0.136. The first-order chi connectivity index (χ1) is 6.66. The lowest BCUT2D eigenvalue weighted by Gasteiger charge is -2.18. The Morgan fingerprint density at radius 1 is 1.50 bits per heavy atom. The molecule has 0 aromatic heterocycles. The minimum Gasteiger partial charge on any atom is -0.370 e. The first kappa shape index (κ1) is 9.46. The maximum Gasteiger partial charge on any atom is 0.128 e. The predicted octanol–water partition coefficient (Wildman–Crippen LogP) is 1.67. The molecule has 1 aliphatic rings. The number of aryl methyl sites for hydroxylation is 1. The second-order valence-corrected chi connectivity index (χ2v) is 3.93. The van der Waals surface area contributed by atoms with Gasteiger partial charge in [-0.2, -0.15) is 0 Å². The highest BCUT2D eigenvalue weighted by Crippen LogP contribution is 2.21. The van der Waals surface area contributed by atoms with Crippen LogP contribution in [0.1, 0.15) is 12.0 Å². The monoisotopic (exact) mass is 194 g/mol. The van der Waals surface area contributed by atoms with Gasteiger partial charge in [0.25, 0.3) is 0 Å². The van der Waals surface area contributed by atoms with Gasteiger partial charge >= 0.3 is 0 Å². The van der Waals surface area contributed by atoms with Gasteiger partial charge in [0.05, 0.1) is 0 Å². The van der Waals surface area contributed by atoms with Crippen LogP contribution in [0.2, 0.25) is 0 Å². The fourth-order valence-electron chi connectivity index (χ4n) is 1.80. The first-order valence-electron chi connectivity index (χ1n) is 4.93. The van der Waals surface area contributed by atoms with Crippen LogP contribution in [0.4, 0.5) is 10.1 Å². The fourth-order valence-corrected chi connectivity index (χ4v) is 1.80. The van der Waals surface area contributed by atoms with Crippen molar-refractivity contribution in [3.05, 3.63) is 29.6 Å². The van der Waals surface area contributed by atoms with Crippen LogP contribution in [-0.2, 0) is 0 Å². The highest BCUT2D eigenvalue weighted by molar-refractivity contribution is 5.49. The second kappa shape index (κ2) is 3.58. The highest BCUT2D eigenvalue weighted by Gasteiger charge is 2.19. The molecule has 0 amide bonds. The Balaban J connectivity index is 2.20. The van der Waals surface area contributed by atoms with Crippen molar-refractivity contribution in [1.29, 1.82) is 0 Å². The molecular formula is C11H15FN2. The van der Waals surface area contributed by atoms with Gasteiger partial charge < -0.3 is 10.6 Å². The van der Waals surface area contributed by atoms with Gasteiger partial charge in [-0.1, -0.05) is 6.07 Å². The molecule has 0 aliphatic carbocycles. The number of hydrogen-bond donors (Lipinski definition) is 1. The Kier molecular flexibility index (Phi) is 2.42. The molecule has 1 aromatic carbocycles. The van der Waals surface area contributed by atoms with E-state index in [-0.39, 0.29) is 11.9 Å². The summed E-state index contributed by atoms with van der Waals surface area (Å²) in [6.07, 6.45) is 0.996. The third-order valence-electron chi connectivity index (χ3n) is 2.75. The quantitative estimate of drug-likeness (QED) is 0.737. The Bertz CT molecular complexity index is 338. The Labute approximate surface area is 83.5 Å². The van der Waals surface area contributed by atoms with Gasteiger partial charge in [0, 0.05) is 24.8 Å². The topological polar surface area (TPSA) is 29.3 Å². The van der Waals surface area contributed by atoms with Crippen LogP contribution in [-0.4, -0.2) is 19.1 Å². The molecule has 0 saturated carbocycles. The van der Waals surface area contributed by atoms with E-state index in [1.54, 1.807) is 13.0 Å². The van der Waals surface area contributed by atoms with Crippen LogP contribution in [0.15, 0.2) is 18.2 Å². The van der Waals surface area contributed by atoms with E-state index in [2.05, 4.69) is 4.90 Å². The van der Waals surface area contributed by atoms with Crippen molar-refractivity contribution in [3.63, 3.8) is 0 Å². The molecule has 1 aromatic rings. The summed E-state index contributed by atoms with van der Waals surface area (Å²) in [5.74, 6) is -0.136. The van der Waals surface area contributed by atoms with Crippen molar-refractivity contribution in [2.45, 2.75) is 19.4 Å². The van der Waals surface area contributed by atoms with Crippen molar-refractivity contribution in [2.24, 2.45) is 5.73 Å². The maximum absolute atomic E-state index is 13.3. The van der Waals surface area contributed by atoms with Crippen LogP contribution >= 0.6 is 0 Å². The molecule has 1 aliphatic heterocycles. The number of hydrogen-bond acceptors (Lipinski definition) is 2. The fraction of sp³-hybridized carbons (Fsp3) is 0.455. The summed E-state index contributed by atoms with van der Waals surface area (Å²) in [7, 11) is 0. The van der Waals surface area contributed by atoms with Gasteiger partial charge in [0.15, 0.2) is 0 Å². The summed E-state index contributed by atoms with van der Waals surface area (Å²) in [6, 6.07) is 5.59. The third kappa shape index (κ3) is 1.73. The molecule has 0 bridgehead atoms. The van der Waals surface area contributed by atoms with Gasteiger partial charge in [-0.3, -0.25) is 0 Å². The van der Waals surface area contributed by atoms with Crippen LogP contribution in [0.5, 0.6) is 0 Å². The summed E-state index contributed by atoms with van der Waals surface area (Å²) in [4.78, 5) is 2.13. The van der Waals surface area contributed by atoms with E-state index in [0.29, 0.717) is 5.56 Å². The average Bonchev–Trinajstić information content (AvgIpc) is 2.57. The van der Waals surface area contributed by atoms with Gasteiger partial charge in [0.2, 0.25) is 0 Å². The van der Waals surface area contributed by atoms with E-state index in [9.17, 15) is 4.39 Å². The second-order valence-electron chi connectivity index (χ2n) is 3.93. The van der Waals surface area contributed by atoms with Gasteiger partial charge in [-0.05, 0) is 31.0 Å². The molecule has 2 nitrogen and oxygen atoms in total. The van der Waals surface area contributed by atoms with E-state index < -0.39 is 0 Å². The molecule has 14 heavy (non-hydrogen) atoms. The Hall–Kier alpha value is -1.09. The van der Waals surface area contributed by atoms with Crippen molar-refractivity contribution in [2.75, 3.05) is 18.0 Å². The molecule has 1 unspecified atom stereocenters. The van der Waals surface area contributed by atoms with Crippen molar-refractivity contribution >= 4 is 5.69 Å². The summed E-state index contributed by atoms with van der Waals surface area (Å²) < 4.78 is 13.3. The van der Waals surface area contributed by atoms with E-state index >= 15 is 0 Å². The van der Waals surface area contributed by atoms with Gasteiger partial charge in [-0.15, -0.1) is 0 Å². The van der Waals surface area contributed by atoms with Crippen LogP contribution in [0.25, 0.3) is 0 Å². The summed E-state index contributed by atoms with van der Waals surface area (Å²) in [5, 5.41) is 0. The molecule has 3 heteroatoms. The molecule has 76 valence electrons. The lowest BCUT2D eigenvalue weighted by molar-refractivity contribution is 0.618. The highest BCUT2D eigenvalue weighted by atomic mass is 19.1. The summed E-state index contributed by atoms with van der Waals surface area (Å²) in [5.41, 5.74) is 7.43. The molecule has 0 radical (unpaired) electrons. The maximum atomic E-state index is 13.3. The summed E-state index contributed by atoms with van der Waals surface area (Å²) >= 11 is 0. The number of rotatable bonds is 1. The standard InChI is InChI=1S/C11H15FN2/c1-8-2-3-10(6-11(8)12)14-5-4-9(13)7-14/h2-3,6,9H,4-5,7,13H2,1H3. The molecule has 2 N–H and O–H groups in total. The lowest BCUT2D eigenvalue weighted by Crippen LogP contribution is -2.26. The molecular weight excluding hydrogens is 179 g/mol. The molecule has 0 spiro atoms. The van der Waals surface area contributed by atoms with Gasteiger partial charge in [0.1, 0.15) is 5.82 Å². The zero-order valence-electron chi connectivity index (χ0n) is 8.33. The molecule has 1 heterocycles. The smallest absolute Gasteiger partial charge is 0.128 e. The molecule has 1 fully saturated rings. The first-order valence-corrected chi connectivity index (χ1v) is 4.93.